The Morgan fingerprint density at radius 1 is 0.321 bits per heavy atom. The van der Waals surface area contributed by atoms with Crippen molar-refractivity contribution in [3.63, 3.8) is 0 Å². The molecule has 3 heteroatoms. The summed E-state index contributed by atoms with van der Waals surface area (Å²) in [6.45, 7) is 0. The lowest BCUT2D eigenvalue weighted by molar-refractivity contribution is 1.31. The molecule has 0 unspecified atom stereocenters. The predicted molar refractivity (Wildman–Crippen MR) is 227 cm³/mol. The highest BCUT2D eigenvalue weighted by atomic mass is 32.1. The average Bonchev–Trinajstić information content (AvgIpc) is 3.62. The van der Waals surface area contributed by atoms with Gasteiger partial charge in [-0.2, -0.15) is 0 Å². The summed E-state index contributed by atoms with van der Waals surface area (Å²) in [6, 6.07) is 62.1. The lowest BCUT2D eigenvalue weighted by Gasteiger charge is -2.12. The summed E-state index contributed by atoms with van der Waals surface area (Å²) in [7, 11) is 0. The second kappa shape index (κ2) is 11.9. The molecule has 246 valence electrons. The maximum absolute atomic E-state index is 4.79. The third-order valence-corrected chi connectivity index (χ3v) is 11.9. The summed E-state index contributed by atoms with van der Waals surface area (Å²) >= 11 is 1.88. The van der Waals surface area contributed by atoms with Crippen molar-refractivity contribution in [3.8, 4) is 44.5 Å². The number of fused-ring (bicyclic) bond motifs is 10. The first-order chi connectivity index (χ1) is 26.2. The molecule has 0 aliphatic carbocycles. The normalized spacial score (nSPS) is 11.8. The molecule has 0 saturated carbocycles. The molecule has 0 radical (unpaired) electrons. The molecular weight excluding hydrogens is 661 g/mol. The van der Waals surface area contributed by atoms with Crippen molar-refractivity contribution < 1.29 is 0 Å². The van der Waals surface area contributed by atoms with Crippen LogP contribution in [0.15, 0.2) is 182 Å². The topological polar surface area (TPSA) is 25.8 Å². The van der Waals surface area contributed by atoms with Gasteiger partial charge in [0.2, 0.25) is 0 Å². The highest BCUT2D eigenvalue weighted by Crippen LogP contribution is 2.41. The Kier molecular flexibility index (Phi) is 6.76. The van der Waals surface area contributed by atoms with E-state index < -0.39 is 0 Å². The maximum Gasteiger partial charge on any atom is 0.0971 e. The van der Waals surface area contributed by atoms with Crippen molar-refractivity contribution in [1.82, 2.24) is 9.97 Å². The smallest absolute Gasteiger partial charge is 0.0971 e. The van der Waals surface area contributed by atoms with Gasteiger partial charge >= 0.3 is 0 Å². The Morgan fingerprint density at radius 3 is 1.57 bits per heavy atom. The lowest BCUT2D eigenvalue weighted by atomic mass is 9.93. The van der Waals surface area contributed by atoms with E-state index in [1.807, 2.05) is 11.3 Å². The van der Waals surface area contributed by atoms with Crippen molar-refractivity contribution in [1.29, 1.82) is 0 Å². The van der Waals surface area contributed by atoms with Crippen LogP contribution in [0.5, 0.6) is 0 Å². The summed E-state index contributed by atoms with van der Waals surface area (Å²) in [5, 5.41) is 9.78. The van der Waals surface area contributed by atoms with E-state index in [4.69, 9.17) is 9.97 Å². The van der Waals surface area contributed by atoms with Crippen LogP contribution in [0.25, 0.3) is 108 Å². The van der Waals surface area contributed by atoms with Crippen LogP contribution in [0, 0.1) is 0 Å². The van der Waals surface area contributed by atoms with Crippen LogP contribution in [0.1, 0.15) is 0 Å². The zero-order valence-corrected chi connectivity index (χ0v) is 29.4. The minimum atomic E-state index is 0.938. The van der Waals surface area contributed by atoms with Crippen molar-refractivity contribution in [2.45, 2.75) is 0 Å². The number of benzene rings is 9. The first-order valence-corrected chi connectivity index (χ1v) is 18.8. The average molecular weight is 691 g/mol. The van der Waals surface area contributed by atoms with Crippen LogP contribution in [-0.4, -0.2) is 9.97 Å². The van der Waals surface area contributed by atoms with Gasteiger partial charge < -0.3 is 0 Å². The molecule has 0 bridgehead atoms. The molecule has 0 atom stereocenters. The number of hydrogen-bond donors (Lipinski definition) is 0. The van der Waals surface area contributed by atoms with E-state index in [1.54, 1.807) is 12.4 Å². The van der Waals surface area contributed by atoms with Crippen LogP contribution in [-0.2, 0) is 0 Å². The van der Waals surface area contributed by atoms with Gasteiger partial charge in [-0.25, -0.2) is 0 Å². The molecule has 0 aliphatic heterocycles. The van der Waals surface area contributed by atoms with E-state index in [0.29, 0.717) is 0 Å². The van der Waals surface area contributed by atoms with Crippen molar-refractivity contribution in [3.05, 3.63) is 182 Å². The third kappa shape index (κ3) is 4.93. The van der Waals surface area contributed by atoms with E-state index in [-0.39, 0.29) is 0 Å². The third-order valence-electron chi connectivity index (χ3n) is 10.7. The maximum atomic E-state index is 4.79. The SMILES string of the molecule is c1cc(-c2ccc3cc(-c4cccc(-c5cccc6c5sc5ccccc56)c4)ccc3c2)cc(-c2ccc3c4ccccc4c4nccnc4c3c2)c1. The molecule has 2 aromatic heterocycles. The minimum absolute atomic E-state index is 0.938. The molecule has 0 N–H and O–H groups in total. The van der Waals surface area contributed by atoms with E-state index in [1.165, 1.54) is 80.7 Å². The summed E-state index contributed by atoms with van der Waals surface area (Å²) in [5.74, 6) is 0. The van der Waals surface area contributed by atoms with E-state index in [0.717, 1.165) is 27.4 Å². The summed E-state index contributed by atoms with van der Waals surface area (Å²) < 4.78 is 2.68. The fraction of sp³-hybridized carbons (Fsp3) is 0. The number of thiophene rings is 1. The Morgan fingerprint density at radius 2 is 0.830 bits per heavy atom. The lowest BCUT2D eigenvalue weighted by Crippen LogP contribution is -1.89. The van der Waals surface area contributed by atoms with E-state index >= 15 is 0 Å². The van der Waals surface area contributed by atoms with Crippen LogP contribution < -0.4 is 0 Å². The minimum Gasteiger partial charge on any atom is -0.252 e. The number of hydrogen-bond acceptors (Lipinski definition) is 3. The molecule has 0 saturated heterocycles. The summed E-state index contributed by atoms with van der Waals surface area (Å²) in [4.78, 5) is 9.52. The standard InChI is InChI=1S/C50H30N2S/c1-2-14-44-41(12-1)42-23-22-38(30-46(42)49-48(44)51-24-25-52-49)32-9-5-8-31(26-32)34-18-20-37-28-35(19-21-36(37)27-34)33-10-6-11-39(29-33)40-15-7-16-45-43-13-3-4-17-47(43)53-50(40)45/h1-30H. The van der Waals surface area contributed by atoms with Gasteiger partial charge in [0, 0.05) is 43.3 Å². The highest BCUT2D eigenvalue weighted by molar-refractivity contribution is 7.26. The highest BCUT2D eigenvalue weighted by Gasteiger charge is 2.13. The summed E-state index contributed by atoms with van der Waals surface area (Å²) in [5.41, 5.74) is 11.6. The molecule has 0 fully saturated rings. The molecule has 0 amide bonds. The fourth-order valence-electron chi connectivity index (χ4n) is 8.14. The number of aromatic nitrogens is 2. The van der Waals surface area contributed by atoms with Crippen LogP contribution >= 0.6 is 11.3 Å². The second-order valence-electron chi connectivity index (χ2n) is 13.8. The zero-order chi connectivity index (χ0) is 34.9. The molecule has 0 aliphatic rings. The Balaban J connectivity index is 0.938. The largest absolute Gasteiger partial charge is 0.252 e. The molecular formula is C50H30N2S. The number of nitrogens with zero attached hydrogens (tertiary/aromatic N) is 2. The molecule has 2 heterocycles. The first kappa shape index (κ1) is 30.0. The predicted octanol–water partition coefficient (Wildman–Crippen LogP) is 14.1. The molecule has 11 rings (SSSR count). The van der Waals surface area contributed by atoms with Gasteiger partial charge in [0.1, 0.15) is 0 Å². The summed E-state index contributed by atoms with van der Waals surface area (Å²) in [6.07, 6.45) is 3.57. The van der Waals surface area contributed by atoms with Crippen molar-refractivity contribution >= 4 is 74.9 Å². The van der Waals surface area contributed by atoms with Crippen molar-refractivity contribution in [2.24, 2.45) is 0 Å². The van der Waals surface area contributed by atoms with Crippen LogP contribution in [0.3, 0.4) is 0 Å². The quantitative estimate of drug-likeness (QED) is 0.172. The van der Waals surface area contributed by atoms with Crippen LogP contribution in [0.4, 0.5) is 0 Å². The van der Waals surface area contributed by atoms with Crippen molar-refractivity contribution in [2.75, 3.05) is 0 Å². The molecule has 53 heavy (non-hydrogen) atoms. The Bertz CT molecular complexity index is 3210. The first-order valence-electron chi connectivity index (χ1n) is 18.0. The van der Waals surface area contributed by atoms with Gasteiger partial charge in [0.15, 0.2) is 0 Å². The number of rotatable bonds is 4. The van der Waals surface area contributed by atoms with E-state index in [9.17, 15) is 0 Å². The Hall–Kier alpha value is -6.68. The monoisotopic (exact) mass is 690 g/mol. The Labute approximate surface area is 310 Å². The van der Waals surface area contributed by atoms with Gasteiger partial charge in [-0.1, -0.05) is 133 Å². The second-order valence-corrected chi connectivity index (χ2v) is 14.8. The van der Waals surface area contributed by atoms with Gasteiger partial charge in [0.05, 0.1) is 11.0 Å². The van der Waals surface area contributed by atoms with Gasteiger partial charge in [-0.3, -0.25) is 9.97 Å². The molecule has 9 aromatic carbocycles. The van der Waals surface area contributed by atoms with Gasteiger partial charge in [-0.15, -0.1) is 11.3 Å². The van der Waals surface area contributed by atoms with Gasteiger partial charge in [-0.05, 0) is 102 Å². The van der Waals surface area contributed by atoms with Gasteiger partial charge in [0.25, 0.3) is 0 Å². The fourth-order valence-corrected chi connectivity index (χ4v) is 9.37. The molecule has 0 spiro atoms. The molecule has 11 aromatic rings. The van der Waals surface area contributed by atoms with E-state index in [2.05, 4.69) is 170 Å². The molecule has 2 nitrogen and oxygen atoms in total. The zero-order valence-electron chi connectivity index (χ0n) is 28.6. The van der Waals surface area contributed by atoms with Crippen LogP contribution in [0.2, 0.25) is 0 Å².